The van der Waals surface area contributed by atoms with E-state index in [2.05, 4.69) is 158 Å². The van der Waals surface area contributed by atoms with Crippen LogP contribution in [0.25, 0.3) is 66.5 Å². The molecule has 1 atom stereocenters. The number of rotatable bonds is 1. The number of hydrogen-bond acceptors (Lipinski definition) is 1. The highest BCUT2D eigenvalue weighted by Gasteiger charge is 2.71. The molecule has 5 aliphatic heterocycles. The Kier molecular flexibility index (Phi) is 4.57. The van der Waals surface area contributed by atoms with Crippen molar-refractivity contribution in [1.29, 1.82) is 0 Å². The zero-order chi connectivity index (χ0) is 38.1. The van der Waals surface area contributed by atoms with Crippen molar-refractivity contribution in [1.82, 2.24) is 9.13 Å². The van der Waals surface area contributed by atoms with Gasteiger partial charge in [0.2, 0.25) is 0 Å². The maximum Gasteiger partial charge on any atom is 0.319 e. The minimum Gasteiger partial charge on any atom is -0.308 e. The van der Waals surface area contributed by atoms with Gasteiger partial charge in [-0.1, -0.05) is 68.4 Å². The first-order valence-corrected chi connectivity index (χ1v) is 22.2. The van der Waals surface area contributed by atoms with Gasteiger partial charge in [0.05, 0.1) is 22.3 Å². The molecule has 4 saturated carbocycles. The number of aromatic nitrogens is 4. The van der Waals surface area contributed by atoms with E-state index in [4.69, 9.17) is 0 Å². The predicted octanol–water partition coefficient (Wildman–Crippen LogP) is 11.3. The van der Waals surface area contributed by atoms with E-state index in [0.29, 0.717) is 0 Å². The second-order valence-corrected chi connectivity index (χ2v) is 20.4. The average molecular weight is 760 g/mol. The number of pyridine rings is 2. The fourth-order valence-corrected chi connectivity index (χ4v) is 15.8. The maximum absolute atomic E-state index is 2.87. The minimum atomic E-state index is -0.636. The van der Waals surface area contributed by atoms with Crippen molar-refractivity contribution in [3.63, 3.8) is 0 Å². The van der Waals surface area contributed by atoms with Gasteiger partial charge in [0, 0.05) is 38.6 Å². The lowest BCUT2D eigenvalue weighted by Gasteiger charge is -2.57. The van der Waals surface area contributed by atoms with Crippen LogP contribution in [-0.2, 0) is 16.5 Å². The monoisotopic (exact) mass is 759 g/mol. The molecule has 59 heavy (non-hydrogen) atoms. The van der Waals surface area contributed by atoms with Crippen LogP contribution in [0.1, 0.15) is 80.2 Å². The molecule has 5 aromatic carbocycles. The summed E-state index contributed by atoms with van der Waals surface area (Å²) in [6, 6.07) is 47.9. The van der Waals surface area contributed by atoms with Gasteiger partial charge in [0.1, 0.15) is 28.0 Å². The van der Waals surface area contributed by atoms with Crippen molar-refractivity contribution in [3.05, 3.63) is 149 Å². The van der Waals surface area contributed by atoms with Gasteiger partial charge in [-0.15, -0.1) is 0 Å². The Hall–Kier alpha value is -6.20. The first-order valence-electron chi connectivity index (χ1n) is 22.2. The molecule has 9 heterocycles. The summed E-state index contributed by atoms with van der Waals surface area (Å²) in [5, 5.41) is 5.37. The predicted molar refractivity (Wildman–Crippen MR) is 233 cm³/mol. The molecule has 9 aliphatic rings. The lowest BCUT2D eigenvalue weighted by atomic mass is 9.48. The van der Waals surface area contributed by atoms with Gasteiger partial charge >= 0.3 is 5.66 Å². The second-order valence-electron chi connectivity index (χ2n) is 20.4. The third kappa shape index (κ3) is 2.89. The molecule has 5 heteroatoms. The maximum atomic E-state index is 2.87. The third-order valence-electron chi connectivity index (χ3n) is 17.4. The number of fused-ring (bicyclic) bond motifs is 12. The molecule has 4 aliphatic carbocycles. The molecule has 0 saturated heterocycles. The highest BCUT2D eigenvalue weighted by molar-refractivity contribution is 6.22. The molecule has 1 unspecified atom stereocenters. The topological polar surface area (TPSA) is 20.9 Å². The van der Waals surface area contributed by atoms with E-state index in [1.54, 1.807) is 5.56 Å². The highest BCUT2D eigenvalue weighted by Crippen LogP contribution is 2.65. The van der Waals surface area contributed by atoms with Crippen LogP contribution in [0.3, 0.4) is 0 Å². The minimum absolute atomic E-state index is 0.197. The second kappa shape index (κ2) is 9.01. The van der Waals surface area contributed by atoms with Crippen LogP contribution in [0.5, 0.6) is 0 Å². The molecule has 0 amide bonds. The number of para-hydroxylation sites is 3. The fraction of sp³-hybridized carbons (Fsp3) is 0.259. The molecule has 4 bridgehead atoms. The van der Waals surface area contributed by atoms with Gasteiger partial charge in [-0.2, -0.15) is 18.6 Å². The normalized spacial score (nSPS) is 26.8. The number of hydrogen-bond donors (Lipinski definition) is 0. The molecule has 280 valence electrons. The standard InChI is InChI=1S/C54H41N5/c1-52(2)37-12-5-8-15-41(37)56-44-17-9-16-43-47(44)54-48-49-35(33-10-3-6-13-39(33)55(43)49)25-36-34-11-4-7-14-40(34)57(50(36)48)46-24-32(53-26-29-20-30(27-53)22-31(21-29)28-53)23-45(58(46)54)42-19-18-38(52)51(56)59(42)54/h3-19,23-25,29-31H,20-22,26-28H2,1-2H3/q+2. The summed E-state index contributed by atoms with van der Waals surface area (Å²) in [4.78, 5) is 2.66. The zero-order valence-corrected chi connectivity index (χ0v) is 33.3. The van der Waals surface area contributed by atoms with Gasteiger partial charge in [0.15, 0.2) is 16.9 Å². The van der Waals surface area contributed by atoms with Crippen molar-refractivity contribution < 1.29 is 9.13 Å². The summed E-state index contributed by atoms with van der Waals surface area (Å²) < 4.78 is 11.1. The number of benzene rings is 5. The lowest BCUT2D eigenvalue weighted by molar-refractivity contribution is -0.931. The molecule has 0 N–H and O–H groups in total. The van der Waals surface area contributed by atoms with Crippen LogP contribution >= 0.6 is 0 Å². The molecular weight excluding hydrogens is 719 g/mol. The van der Waals surface area contributed by atoms with Crippen molar-refractivity contribution in [2.75, 3.05) is 4.90 Å². The van der Waals surface area contributed by atoms with Gasteiger partial charge in [-0.05, 0) is 128 Å². The van der Waals surface area contributed by atoms with E-state index in [0.717, 1.165) is 17.8 Å². The smallest absolute Gasteiger partial charge is 0.308 e. The molecule has 18 rings (SSSR count). The van der Waals surface area contributed by atoms with E-state index in [1.807, 2.05) is 0 Å². The Balaban J connectivity index is 1.16. The lowest BCUT2D eigenvalue weighted by Crippen LogP contribution is -2.76. The summed E-state index contributed by atoms with van der Waals surface area (Å²) in [7, 11) is 0. The van der Waals surface area contributed by atoms with E-state index < -0.39 is 5.66 Å². The first-order chi connectivity index (χ1) is 29.0. The summed E-state index contributed by atoms with van der Waals surface area (Å²) in [5.74, 6) is 5.28. The molecular formula is C54H41N5+2. The van der Waals surface area contributed by atoms with Crippen molar-refractivity contribution in [2.24, 2.45) is 17.8 Å². The van der Waals surface area contributed by atoms with Crippen LogP contribution in [-0.4, -0.2) is 9.13 Å². The fourth-order valence-electron chi connectivity index (χ4n) is 15.8. The number of anilines is 3. The van der Waals surface area contributed by atoms with E-state index >= 15 is 0 Å². The molecule has 4 aromatic heterocycles. The Morgan fingerprint density at radius 1 is 0.525 bits per heavy atom. The molecule has 1 spiro atoms. The average Bonchev–Trinajstić information content (AvgIpc) is 3.87. The van der Waals surface area contributed by atoms with Crippen molar-refractivity contribution >= 4 is 60.8 Å². The summed E-state index contributed by atoms with van der Waals surface area (Å²) in [6.45, 7) is 4.90. The quantitative estimate of drug-likeness (QED) is 0.153. The van der Waals surface area contributed by atoms with E-state index in [-0.39, 0.29) is 10.8 Å². The Labute approximate surface area is 341 Å². The molecule has 9 aromatic rings. The van der Waals surface area contributed by atoms with Crippen LogP contribution < -0.4 is 14.0 Å². The summed E-state index contributed by atoms with van der Waals surface area (Å²) in [5.41, 5.74) is 18.5. The van der Waals surface area contributed by atoms with E-state index in [1.165, 1.54) is 144 Å². The highest BCUT2D eigenvalue weighted by atomic mass is 15.5. The van der Waals surface area contributed by atoms with Gasteiger partial charge in [-0.25, -0.2) is 0 Å². The van der Waals surface area contributed by atoms with E-state index in [9.17, 15) is 0 Å². The Bertz CT molecular complexity index is 3560. The Morgan fingerprint density at radius 2 is 1.17 bits per heavy atom. The number of nitrogens with zero attached hydrogens (tertiary/aromatic N) is 5. The Morgan fingerprint density at radius 3 is 1.93 bits per heavy atom. The van der Waals surface area contributed by atoms with Crippen LogP contribution in [0.2, 0.25) is 0 Å². The van der Waals surface area contributed by atoms with Crippen molar-refractivity contribution in [2.45, 2.75) is 68.9 Å². The van der Waals surface area contributed by atoms with Crippen molar-refractivity contribution in [3.8, 4) is 22.9 Å². The van der Waals surface area contributed by atoms with Gasteiger partial charge in [-0.3, -0.25) is 0 Å². The summed E-state index contributed by atoms with van der Waals surface area (Å²) in [6.07, 6.45) is 8.40. The SMILES string of the molecule is CC1(C)c2ccccc2N2c3cccc4c3C35c6c7c(cc8c9ccccc9n(c68)-c6cc(C89CC%10CC(CC(C%10)C8)C9)cc([n+]63)-c3ccc1c2[n+]35)c1ccccc1n7-4. The molecule has 5 nitrogen and oxygen atoms in total. The van der Waals surface area contributed by atoms with Crippen LogP contribution in [0, 0.1) is 17.8 Å². The molecule has 0 radical (unpaired) electrons. The van der Waals surface area contributed by atoms with Crippen LogP contribution in [0.4, 0.5) is 17.2 Å². The van der Waals surface area contributed by atoms with Gasteiger partial charge < -0.3 is 4.57 Å². The molecule has 4 fully saturated rings. The first kappa shape index (κ1) is 29.9. The summed E-state index contributed by atoms with van der Waals surface area (Å²) >= 11 is 0. The zero-order valence-electron chi connectivity index (χ0n) is 33.3. The van der Waals surface area contributed by atoms with Gasteiger partial charge in [0.25, 0.3) is 11.6 Å². The van der Waals surface area contributed by atoms with Crippen LogP contribution in [0.15, 0.2) is 121 Å². The largest absolute Gasteiger partial charge is 0.319 e. The third-order valence-corrected chi connectivity index (χ3v) is 17.4.